The average Bonchev–Trinajstić information content (AvgIpc) is 2.80. The van der Waals surface area contributed by atoms with Crippen LogP contribution in [0, 0.1) is 11.8 Å². The second kappa shape index (κ2) is 11.0. The van der Waals surface area contributed by atoms with Gasteiger partial charge in [0.15, 0.2) is 5.78 Å². The van der Waals surface area contributed by atoms with Gasteiger partial charge in [0.25, 0.3) is 0 Å². The van der Waals surface area contributed by atoms with E-state index in [0.29, 0.717) is 24.4 Å². The first kappa shape index (κ1) is 25.7. The van der Waals surface area contributed by atoms with Crippen LogP contribution < -0.4 is 9.47 Å². The summed E-state index contributed by atoms with van der Waals surface area (Å²) in [7, 11) is -2.46. The van der Waals surface area contributed by atoms with Gasteiger partial charge in [-0.2, -0.15) is 4.31 Å². The zero-order valence-electron chi connectivity index (χ0n) is 19.9. The number of para-hydroxylation sites is 1. The number of carbonyl (C=O) groups is 2. The smallest absolute Gasteiger partial charge is 0.338 e. The van der Waals surface area contributed by atoms with E-state index in [-0.39, 0.29) is 47.0 Å². The first-order valence-electron chi connectivity index (χ1n) is 11.2. The summed E-state index contributed by atoms with van der Waals surface area (Å²) in [6, 6.07) is 11.0. The minimum absolute atomic E-state index is 0.0426. The highest BCUT2D eigenvalue weighted by Gasteiger charge is 2.34. The molecule has 2 aromatic carbocycles. The van der Waals surface area contributed by atoms with Crippen molar-refractivity contribution in [2.24, 2.45) is 11.8 Å². The van der Waals surface area contributed by atoms with E-state index in [0.717, 1.165) is 6.42 Å². The molecule has 0 N–H and O–H groups in total. The number of sulfonamides is 1. The number of rotatable bonds is 9. The number of ether oxygens (including phenoxy) is 3. The fourth-order valence-electron chi connectivity index (χ4n) is 4.20. The predicted molar refractivity (Wildman–Crippen MR) is 127 cm³/mol. The molecule has 34 heavy (non-hydrogen) atoms. The molecular weight excluding hydrogens is 458 g/mol. The molecule has 0 bridgehead atoms. The molecule has 2 atom stereocenters. The van der Waals surface area contributed by atoms with E-state index in [2.05, 4.69) is 0 Å². The molecule has 0 aromatic heterocycles. The molecule has 0 radical (unpaired) electrons. The monoisotopic (exact) mass is 489 g/mol. The molecule has 1 saturated heterocycles. The molecule has 1 fully saturated rings. The molecule has 2 aromatic rings. The van der Waals surface area contributed by atoms with Crippen molar-refractivity contribution >= 4 is 21.8 Å². The summed E-state index contributed by atoms with van der Waals surface area (Å²) in [6.45, 7) is 6.32. The summed E-state index contributed by atoms with van der Waals surface area (Å²) < 4.78 is 44.4. The third kappa shape index (κ3) is 5.95. The largest absolute Gasteiger partial charge is 0.495 e. The Bertz CT molecular complexity index is 1140. The first-order chi connectivity index (χ1) is 16.1. The molecule has 0 amide bonds. The molecule has 1 aliphatic heterocycles. The number of ketones is 1. The Kier molecular flexibility index (Phi) is 8.33. The topological polar surface area (TPSA) is 99.2 Å². The molecule has 1 heterocycles. The average molecular weight is 490 g/mol. The third-order valence-corrected chi connectivity index (χ3v) is 7.55. The van der Waals surface area contributed by atoms with E-state index in [4.69, 9.17) is 14.2 Å². The van der Waals surface area contributed by atoms with Crippen molar-refractivity contribution < 1.29 is 32.2 Å². The van der Waals surface area contributed by atoms with Gasteiger partial charge in [-0.05, 0) is 55.5 Å². The highest BCUT2D eigenvalue weighted by Crippen LogP contribution is 2.32. The van der Waals surface area contributed by atoms with Crippen LogP contribution in [0.5, 0.6) is 11.5 Å². The Morgan fingerprint density at radius 1 is 1.00 bits per heavy atom. The number of carbonyl (C=O) groups excluding carboxylic acids is 2. The number of esters is 1. The maximum Gasteiger partial charge on any atom is 0.338 e. The van der Waals surface area contributed by atoms with Crippen molar-refractivity contribution in [2.75, 3.05) is 33.4 Å². The van der Waals surface area contributed by atoms with Crippen molar-refractivity contribution in [3.05, 3.63) is 53.6 Å². The van der Waals surface area contributed by atoms with Crippen LogP contribution in [0.3, 0.4) is 0 Å². The number of benzene rings is 2. The van der Waals surface area contributed by atoms with Gasteiger partial charge in [0.2, 0.25) is 10.0 Å². The fourth-order valence-corrected chi connectivity index (χ4v) is 6.06. The minimum atomic E-state index is -3.86. The van der Waals surface area contributed by atoms with Crippen LogP contribution in [-0.4, -0.2) is 57.9 Å². The van der Waals surface area contributed by atoms with Gasteiger partial charge in [0.1, 0.15) is 29.6 Å². The van der Waals surface area contributed by atoms with Gasteiger partial charge in [-0.15, -0.1) is 0 Å². The summed E-state index contributed by atoms with van der Waals surface area (Å²) in [5.41, 5.74) is 0.543. The maximum atomic E-state index is 13.4. The van der Waals surface area contributed by atoms with E-state index < -0.39 is 16.0 Å². The lowest BCUT2D eigenvalue weighted by molar-refractivity contribution is 0.0449. The fraction of sp³-hybridized carbons (Fsp3) is 0.440. The van der Waals surface area contributed by atoms with Crippen molar-refractivity contribution in [2.45, 2.75) is 32.1 Å². The Hall–Kier alpha value is -2.91. The van der Waals surface area contributed by atoms with E-state index in [9.17, 15) is 18.0 Å². The summed E-state index contributed by atoms with van der Waals surface area (Å²) in [4.78, 5) is 24.2. The van der Waals surface area contributed by atoms with Crippen molar-refractivity contribution in [3.8, 4) is 11.5 Å². The van der Waals surface area contributed by atoms with Gasteiger partial charge in [-0.1, -0.05) is 26.0 Å². The second-order valence-electron chi connectivity index (χ2n) is 8.67. The molecule has 0 spiro atoms. The molecular formula is C25H31NO7S. The van der Waals surface area contributed by atoms with Crippen LogP contribution in [0.4, 0.5) is 0 Å². The van der Waals surface area contributed by atoms with Gasteiger partial charge in [-0.3, -0.25) is 4.79 Å². The molecule has 0 saturated carbocycles. The number of methoxy groups -OCH3 is 1. The number of Topliss-reactive ketones (excluding diaryl/α,β-unsaturated/α-hetero) is 1. The molecule has 184 valence electrons. The van der Waals surface area contributed by atoms with Crippen molar-refractivity contribution in [1.29, 1.82) is 0 Å². The quantitative estimate of drug-likeness (QED) is 0.300. The van der Waals surface area contributed by atoms with E-state index >= 15 is 0 Å². The summed E-state index contributed by atoms with van der Waals surface area (Å²) in [6.07, 6.45) is 0.967. The highest BCUT2D eigenvalue weighted by molar-refractivity contribution is 7.89. The number of hydrogen-bond donors (Lipinski definition) is 0. The predicted octanol–water partition coefficient (Wildman–Crippen LogP) is 3.80. The lowest BCUT2D eigenvalue weighted by Gasteiger charge is -2.34. The van der Waals surface area contributed by atoms with E-state index in [1.165, 1.54) is 36.5 Å². The molecule has 1 aliphatic rings. The zero-order chi connectivity index (χ0) is 24.9. The first-order valence-corrected chi connectivity index (χ1v) is 12.7. The molecule has 0 aliphatic carbocycles. The van der Waals surface area contributed by atoms with Gasteiger partial charge in [0, 0.05) is 13.1 Å². The van der Waals surface area contributed by atoms with Gasteiger partial charge in [-0.25, -0.2) is 13.2 Å². The van der Waals surface area contributed by atoms with Gasteiger partial charge < -0.3 is 14.2 Å². The SMILES string of the molecule is COc1ccc(C(=O)OCCOc2ccccc2C(C)=O)cc1S(=O)(=O)N1C[C@H](C)C[C@H](C)C1. The summed E-state index contributed by atoms with van der Waals surface area (Å²) >= 11 is 0. The molecule has 3 rings (SSSR count). The highest BCUT2D eigenvalue weighted by atomic mass is 32.2. The van der Waals surface area contributed by atoms with Crippen LogP contribution in [0.2, 0.25) is 0 Å². The number of nitrogens with zero attached hydrogens (tertiary/aromatic N) is 1. The normalized spacial score (nSPS) is 18.8. The van der Waals surface area contributed by atoms with Crippen molar-refractivity contribution in [3.63, 3.8) is 0 Å². The molecule has 0 unspecified atom stereocenters. The van der Waals surface area contributed by atoms with E-state index in [1.807, 2.05) is 13.8 Å². The van der Waals surface area contributed by atoms with Crippen molar-refractivity contribution in [1.82, 2.24) is 4.31 Å². The third-order valence-electron chi connectivity index (χ3n) is 5.69. The standard InChI is InChI=1S/C25H31NO7S/c1-17-13-18(2)16-26(15-17)34(29,30)24-14-20(9-10-23(24)31-4)25(28)33-12-11-32-22-8-6-5-7-21(22)19(3)27/h5-10,14,17-18H,11-13,15-16H2,1-4H3/t17-,18+. The van der Waals surface area contributed by atoms with E-state index in [1.54, 1.807) is 24.3 Å². The van der Waals surface area contributed by atoms with Crippen LogP contribution in [0.25, 0.3) is 0 Å². The summed E-state index contributed by atoms with van der Waals surface area (Å²) in [5, 5.41) is 0. The number of hydrogen-bond acceptors (Lipinski definition) is 7. The lowest BCUT2D eigenvalue weighted by Crippen LogP contribution is -2.42. The Morgan fingerprint density at radius 2 is 1.68 bits per heavy atom. The maximum absolute atomic E-state index is 13.4. The Balaban J connectivity index is 1.70. The van der Waals surface area contributed by atoms with Gasteiger partial charge >= 0.3 is 5.97 Å². The summed E-state index contributed by atoms with van der Waals surface area (Å²) in [5.74, 6) is 0.261. The second-order valence-corrected chi connectivity index (χ2v) is 10.6. The number of piperidine rings is 1. The Morgan fingerprint density at radius 3 is 2.32 bits per heavy atom. The lowest BCUT2D eigenvalue weighted by atomic mass is 9.94. The minimum Gasteiger partial charge on any atom is -0.495 e. The van der Waals surface area contributed by atoms with Crippen LogP contribution in [-0.2, 0) is 14.8 Å². The molecule has 8 nitrogen and oxygen atoms in total. The van der Waals surface area contributed by atoms with Crippen LogP contribution in [0.15, 0.2) is 47.4 Å². The van der Waals surface area contributed by atoms with Gasteiger partial charge in [0.05, 0.1) is 18.2 Å². The van der Waals surface area contributed by atoms with Crippen LogP contribution >= 0.6 is 0 Å². The zero-order valence-corrected chi connectivity index (χ0v) is 20.8. The molecule has 9 heteroatoms. The Labute approximate surface area is 200 Å². The van der Waals surface area contributed by atoms with Crippen LogP contribution in [0.1, 0.15) is 47.9 Å².